The Labute approximate surface area is 223 Å². The average Bonchev–Trinajstić information content (AvgIpc) is 3.26. The molecular formula is C29H30N4O4S. The van der Waals surface area contributed by atoms with E-state index in [0.29, 0.717) is 52.6 Å². The fraction of sp³-hybridized carbons (Fsp3) is 0.241. The second kappa shape index (κ2) is 11.4. The molecule has 196 valence electrons. The molecule has 3 N–H and O–H groups in total. The SMILES string of the molecule is Cc1cc2c(C(=Nc3ccc(S(=O)N4CCN(CCO)CC4)cc3)c3ccccc3)c(O)[nH]c2cc1C=O. The lowest BCUT2D eigenvalue weighted by Gasteiger charge is -2.33. The lowest BCUT2D eigenvalue weighted by molar-refractivity contribution is 0.112. The van der Waals surface area contributed by atoms with Crippen LogP contribution in [-0.4, -0.2) is 79.9 Å². The van der Waals surface area contributed by atoms with Gasteiger partial charge in [0, 0.05) is 54.8 Å². The molecule has 0 bridgehead atoms. The van der Waals surface area contributed by atoms with Crippen LogP contribution in [0.25, 0.3) is 10.9 Å². The number of benzene rings is 3. The summed E-state index contributed by atoms with van der Waals surface area (Å²) in [7, 11) is -1.28. The van der Waals surface area contributed by atoms with Crippen LogP contribution in [0, 0.1) is 6.92 Å². The molecule has 5 rings (SSSR count). The van der Waals surface area contributed by atoms with Gasteiger partial charge in [-0.25, -0.2) is 13.5 Å². The van der Waals surface area contributed by atoms with E-state index in [4.69, 9.17) is 10.1 Å². The number of β-amino-alcohol motifs (C(OH)–C–C–N with tert-alkyl or cyclic N) is 1. The number of aldehydes is 1. The molecule has 1 aromatic heterocycles. The molecule has 0 radical (unpaired) electrons. The van der Waals surface area contributed by atoms with Gasteiger partial charge in [0.05, 0.1) is 28.5 Å². The molecule has 1 aliphatic rings. The van der Waals surface area contributed by atoms with E-state index in [9.17, 15) is 14.1 Å². The predicted octanol–water partition coefficient (Wildman–Crippen LogP) is 3.80. The van der Waals surface area contributed by atoms with Crippen LogP contribution in [0.3, 0.4) is 0 Å². The summed E-state index contributed by atoms with van der Waals surface area (Å²) in [6, 6.07) is 20.6. The largest absolute Gasteiger partial charge is 0.494 e. The first-order valence-electron chi connectivity index (χ1n) is 12.5. The van der Waals surface area contributed by atoms with Crippen LogP contribution in [-0.2, 0) is 11.0 Å². The Kier molecular flexibility index (Phi) is 7.80. The number of piperazine rings is 1. The number of rotatable bonds is 8. The van der Waals surface area contributed by atoms with Crippen molar-refractivity contribution in [3.8, 4) is 5.88 Å². The lowest BCUT2D eigenvalue weighted by Crippen LogP contribution is -2.47. The molecule has 0 spiro atoms. The van der Waals surface area contributed by atoms with Crippen molar-refractivity contribution in [3.63, 3.8) is 0 Å². The molecule has 0 amide bonds. The second-order valence-electron chi connectivity index (χ2n) is 9.28. The van der Waals surface area contributed by atoms with Gasteiger partial charge in [-0.15, -0.1) is 0 Å². The Morgan fingerprint density at radius 1 is 1.05 bits per heavy atom. The first kappa shape index (κ1) is 26.0. The summed E-state index contributed by atoms with van der Waals surface area (Å²) in [5, 5.41) is 20.8. The minimum absolute atomic E-state index is 0.0249. The third kappa shape index (κ3) is 5.32. The maximum atomic E-state index is 13.2. The van der Waals surface area contributed by atoms with Crippen LogP contribution in [0.4, 0.5) is 5.69 Å². The van der Waals surface area contributed by atoms with Crippen LogP contribution in [0.2, 0.25) is 0 Å². The summed E-state index contributed by atoms with van der Waals surface area (Å²) in [6.45, 7) is 5.54. The van der Waals surface area contributed by atoms with Gasteiger partial charge < -0.3 is 15.2 Å². The number of aliphatic hydroxyl groups is 1. The minimum Gasteiger partial charge on any atom is -0.494 e. The average molecular weight is 531 g/mol. The third-order valence-electron chi connectivity index (χ3n) is 6.84. The lowest BCUT2D eigenvalue weighted by atomic mass is 9.98. The molecule has 1 saturated heterocycles. The monoisotopic (exact) mass is 530 g/mol. The zero-order chi connectivity index (χ0) is 26.6. The van der Waals surface area contributed by atoms with E-state index in [0.717, 1.165) is 35.9 Å². The fourth-order valence-corrected chi connectivity index (χ4v) is 5.92. The van der Waals surface area contributed by atoms with Crippen LogP contribution >= 0.6 is 0 Å². The standard InChI is InChI=1S/C29H30N4O4S/c1-20-17-25-26(18-22(20)19-35)31-29(36)27(25)28(21-5-3-2-4-6-21)30-23-7-9-24(10-8-23)38(37)33-13-11-32(12-14-33)15-16-34/h2-10,17-19,31,34,36H,11-16H2,1H3. The number of aromatic hydroxyl groups is 1. The molecule has 38 heavy (non-hydrogen) atoms. The number of aliphatic imine (C=N–C) groups is 1. The summed E-state index contributed by atoms with van der Waals surface area (Å²) >= 11 is 0. The van der Waals surface area contributed by atoms with E-state index in [-0.39, 0.29) is 12.5 Å². The smallest absolute Gasteiger partial charge is 0.199 e. The van der Waals surface area contributed by atoms with Gasteiger partial charge in [-0.1, -0.05) is 30.3 Å². The van der Waals surface area contributed by atoms with Crippen molar-refractivity contribution >= 4 is 39.6 Å². The molecular weight excluding hydrogens is 500 g/mol. The molecule has 9 heteroatoms. The summed E-state index contributed by atoms with van der Waals surface area (Å²) < 4.78 is 15.1. The number of aryl methyl sites for hydroxylation is 1. The van der Waals surface area contributed by atoms with E-state index in [1.807, 2.05) is 71.9 Å². The predicted molar refractivity (Wildman–Crippen MR) is 150 cm³/mol. The van der Waals surface area contributed by atoms with Crippen LogP contribution in [0.1, 0.15) is 27.0 Å². The first-order valence-corrected chi connectivity index (χ1v) is 13.6. The van der Waals surface area contributed by atoms with Crippen LogP contribution in [0.15, 0.2) is 76.6 Å². The fourth-order valence-electron chi connectivity index (χ4n) is 4.76. The number of nitrogens with zero attached hydrogens (tertiary/aromatic N) is 3. The van der Waals surface area contributed by atoms with Crippen LogP contribution < -0.4 is 0 Å². The normalized spacial score (nSPS) is 16.1. The number of fused-ring (bicyclic) bond motifs is 1. The van der Waals surface area contributed by atoms with E-state index >= 15 is 0 Å². The molecule has 1 unspecified atom stereocenters. The Bertz CT molecular complexity index is 1490. The van der Waals surface area contributed by atoms with Crippen molar-refractivity contribution < 1.29 is 19.2 Å². The number of aromatic nitrogens is 1. The maximum Gasteiger partial charge on any atom is 0.199 e. The number of nitrogens with one attached hydrogen (secondary N) is 1. The molecule has 3 aromatic carbocycles. The van der Waals surface area contributed by atoms with Crippen molar-refractivity contribution in [2.75, 3.05) is 39.3 Å². The highest BCUT2D eigenvalue weighted by molar-refractivity contribution is 7.82. The zero-order valence-corrected chi connectivity index (χ0v) is 21.9. The van der Waals surface area contributed by atoms with Gasteiger partial charge in [0.15, 0.2) is 5.88 Å². The molecule has 8 nitrogen and oxygen atoms in total. The quantitative estimate of drug-likeness (QED) is 0.237. The van der Waals surface area contributed by atoms with Crippen LogP contribution in [0.5, 0.6) is 5.88 Å². The number of hydrogen-bond donors (Lipinski definition) is 3. The van der Waals surface area contributed by atoms with Gasteiger partial charge in [0.1, 0.15) is 17.3 Å². The Balaban J connectivity index is 1.48. The summed E-state index contributed by atoms with van der Waals surface area (Å²) in [4.78, 5) is 22.2. The van der Waals surface area contributed by atoms with Gasteiger partial charge in [-0.05, 0) is 48.9 Å². The van der Waals surface area contributed by atoms with Gasteiger partial charge >= 0.3 is 0 Å². The highest BCUT2D eigenvalue weighted by Gasteiger charge is 2.22. The van der Waals surface area contributed by atoms with E-state index < -0.39 is 11.0 Å². The number of carbonyl (C=O) groups excluding carboxylic acids is 1. The number of aliphatic hydroxyl groups excluding tert-OH is 1. The number of aromatic amines is 1. The third-order valence-corrected chi connectivity index (χ3v) is 8.35. The summed E-state index contributed by atoms with van der Waals surface area (Å²) in [6.07, 6.45) is 0.805. The number of hydrogen-bond acceptors (Lipinski definition) is 6. The van der Waals surface area contributed by atoms with Crippen molar-refractivity contribution in [2.45, 2.75) is 11.8 Å². The molecule has 1 aliphatic heterocycles. The number of H-pyrrole nitrogens is 1. The Hall–Kier alpha value is -3.63. The minimum atomic E-state index is -1.28. The summed E-state index contributed by atoms with van der Waals surface area (Å²) in [5.41, 5.74) is 4.65. The van der Waals surface area contributed by atoms with Gasteiger partial charge in [-0.3, -0.25) is 9.69 Å². The molecule has 1 fully saturated rings. The second-order valence-corrected chi connectivity index (χ2v) is 10.8. The van der Waals surface area contributed by atoms with Crippen molar-refractivity contribution in [3.05, 3.63) is 89.0 Å². The van der Waals surface area contributed by atoms with Crippen molar-refractivity contribution in [1.29, 1.82) is 0 Å². The molecule has 4 aromatic rings. The molecule has 2 heterocycles. The molecule has 1 atom stereocenters. The van der Waals surface area contributed by atoms with Gasteiger partial charge in [0.25, 0.3) is 0 Å². The summed E-state index contributed by atoms with van der Waals surface area (Å²) in [5.74, 6) is -0.0249. The topological polar surface area (TPSA) is 109 Å². The highest BCUT2D eigenvalue weighted by Crippen LogP contribution is 2.33. The molecule has 0 aliphatic carbocycles. The maximum absolute atomic E-state index is 13.2. The number of carbonyl (C=O) groups is 1. The van der Waals surface area contributed by atoms with Crippen molar-refractivity contribution in [2.24, 2.45) is 4.99 Å². The van der Waals surface area contributed by atoms with E-state index in [1.165, 1.54) is 0 Å². The van der Waals surface area contributed by atoms with E-state index in [2.05, 4.69) is 9.88 Å². The first-order chi connectivity index (χ1) is 18.5. The Morgan fingerprint density at radius 2 is 1.76 bits per heavy atom. The zero-order valence-electron chi connectivity index (χ0n) is 21.1. The van der Waals surface area contributed by atoms with Crippen molar-refractivity contribution in [1.82, 2.24) is 14.2 Å². The highest BCUT2D eigenvalue weighted by atomic mass is 32.2. The molecule has 0 saturated carbocycles. The van der Waals surface area contributed by atoms with Gasteiger partial charge in [-0.2, -0.15) is 0 Å². The Morgan fingerprint density at radius 3 is 2.42 bits per heavy atom. The van der Waals surface area contributed by atoms with Gasteiger partial charge in [0.2, 0.25) is 0 Å². The van der Waals surface area contributed by atoms with E-state index in [1.54, 1.807) is 6.07 Å².